The third kappa shape index (κ3) is 50.0. The number of allylic oxidation sites excluding steroid dienone is 18. The molecule has 0 saturated heterocycles. The molecule has 0 spiro atoms. The summed E-state index contributed by atoms with van der Waals surface area (Å²) < 4.78 is 34.7. The molecule has 2 atom stereocenters. The van der Waals surface area contributed by atoms with Crippen molar-refractivity contribution in [3.63, 3.8) is 0 Å². The molecule has 0 aromatic carbocycles. The van der Waals surface area contributed by atoms with E-state index in [0.717, 1.165) is 116 Å². The van der Waals surface area contributed by atoms with Crippen LogP contribution in [0.5, 0.6) is 0 Å². The number of carbonyl (C=O) groups excluding carboxylic acids is 1. The van der Waals surface area contributed by atoms with Gasteiger partial charge in [0.2, 0.25) is 0 Å². The number of esters is 1. The molecule has 0 heterocycles. The molecule has 0 aromatic heterocycles. The minimum absolute atomic E-state index is 0.0130. The van der Waals surface area contributed by atoms with E-state index in [1.165, 1.54) is 32.1 Å². The molecule has 0 radical (unpaired) electrons. The van der Waals surface area contributed by atoms with E-state index in [9.17, 15) is 14.3 Å². The largest absolute Gasteiger partial charge is 0.756 e. The van der Waals surface area contributed by atoms with Crippen molar-refractivity contribution in [1.82, 2.24) is 0 Å². The number of carbonyl (C=O) groups is 1. The Morgan fingerprint density at radius 2 is 0.873 bits per heavy atom. The van der Waals surface area contributed by atoms with E-state index in [4.69, 9.17) is 18.5 Å². The number of likely N-dealkylation sites (N-methyl/N-ethyl adjacent to an activating group) is 1. The molecule has 0 bridgehead atoms. The maximum atomic E-state index is 12.7. The number of rotatable bonds is 44. The summed E-state index contributed by atoms with van der Waals surface area (Å²) in [5, 5.41) is 0. The predicted octanol–water partition coefficient (Wildman–Crippen LogP) is 14.5. The topological polar surface area (TPSA) is 94.1 Å². The Morgan fingerprint density at radius 1 is 0.492 bits per heavy atom. The first kappa shape index (κ1) is 60.2. The van der Waals surface area contributed by atoms with Gasteiger partial charge in [0.25, 0.3) is 7.82 Å². The number of hydrogen-bond donors (Lipinski definition) is 0. The van der Waals surface area contributed by atoms with Gasteiger partial charge in [0.05, 0.1) is 34.4 Å². The lowest BCUT2D eigenvalue weighted by Crippen LogP contribution is -2.37. The van der Waals surface area contributed by atoms with Crippen LogP contribution >= 0.6 is 7.82 Å². The number of unbranched alkanes of at least 4 members (excludes halogenated alkanes) is 12. The van der Waals surface area contributed by atoms with Gasteiger partial charge in [-0.3, -0.25) is 9.36 Å². The van der Waals surface area contributed by atoms with Crippen LogP contribution in [0.3, 0.4) is 0 Å². The van der Waals surface area contributed by atoms with Crippen molar-refractivity contribution in [2.75, 3.05) is 54.1 Å². The molecule has 0 aliphatic rings. The third-order valence-corrected chi connectivity index (χ3v) is 10.8. The Hall–Kier alpha value is -2.84. The first-order chi connectivity index (χ1) is 30.6. The van der Waals surface area contributed by atoms with E-state index in [1.807, 2.05) is 21.1 Å². The van der Waals surface area contributed by atoms with Gasteiger partial charge in [-0.1, -0.05) is 175 Å². The average Bonchev–Trinajstić information content (AvgIpc) is 3.24. The summed E-state index contributed by atoms with van der Waals surface area (Å²) in [5.74, 6) is -0.357. The summed E-state index contributed by atoms with van der Waals surface area (Å²) >= 11 is 0. The van der Waals surface area contributed by atoms with Crippen molar-refractivity contribution in [2.45, 2.75) is 174 Å². The Balaban J connectivity index is 4.26. The van der Waals surface area contributed by atoms with Crippen LogP contribution in [0.1, 0.15) is 168 Å². The number of nitrogens with zero attached hydrogens (tertiary/aromatic N) is 1. The number of ether oxygens (including phenoxy) is 2. The van der Waals surface area contributed by atoms with Crippen molar-refractivity contribution in [3.8, 4) is 0 Å². The van der Waals surface area contributed by atoms with E-state index in [2.05, 4.69) is 123 Å². The molecule has 8 nitrogen and oxygen atoms in total. The Kier molecular flexibility index (Phi) is 43.7. The fraction of sp³-hybridized carbons (Fsp3) is 0.648. The summed E-state index contributed by atoms with van der Waals surface area (Å²) in [6.45, 7) is 5.10. The van der Waals surface area contributed by atoms with E-state index in [1.54, 1.807) is 0 Å². The van der Waals surface area contributed by atoms with Crippen LogP contribution in [0.15, 0.2) is 109 Å². The summed E-state index contributed by atoms with van der Waals surface area (Å²) in [5.41, 5.74) is 0. The van der Waals surface area contributed by atoms with Crippen LogP contribution in [0, 0.1) is 0 Å². The summed E-state index contributed by atoms with van der Waals surface area (Å²) in [4.78, 5) is 25.1. The summed E-state index contributed by atoms with van der Waals surface area (Å²) in [6.07, 6.45) is 63.9. The van der Waals surface area contributed by atoms with E-state index in [0.29, 0.717) is 17.6 Å². The number of phosphoric acid groups is 1. The van der Waals surface area contributed by atoms with Crippen LogP contribution in [0.4, 0.5) is 0 Å². The van der Waals surface area contributed by atoms with Crippen molar-refractivity contribution >= 4 is 13.8 Å². The summed E-state index contributed by atoms with van der Waals surface area (Å²) in [7, 11) is 1.31. The molecule has 9 heteroatoms. The molecule has 0 amide bonds. The fourth-order valence-electron chi connectivity index (χ4n) is 6.09. The van der Waals surface area contributed by atoms with E-state index < -0.39 is 13.9 Å². The van der Waals surface area contributed by atoms with Crippen LogP contribution in [0.2, 0.25) is 0 Å². The minimum Gasteiger partial charge on any atom is -0.756 e. The van der Waals surface area contributed by atoms with Crippen molar-refractivity contribution < 1.29 is 37.3 Å². The van der Waals surface area contributed by atoms with Crippen LogP contribution in [-0.2, 0) is 27.9 Å². The highest BCUT2D eigenvalue weighted by Crippen LogP contribution is 2.38. The predicted molar refractivity (Wildman–Crippen MR) is 268 cm³/mol. The van der Waals surface area contributed by atoms with Crippen molar-refractivity contribution in [1.29, 1.82) is 0 Å². The van der Waals surface area contributed by atoms with Gasteiger partial charge in [0, 0.05) is 13.0 Å². The van der Waals surface area contributed by atoms with Crippen molar-refractivity contribution in [3.05, 3.63) is 109 Å². The SMILES string of the molecule is CC/C=C\C/C=C\C/C=C\C/C=C\C/C=C\C/C=C\CCCCCCCOCC(COP(=O)([O-])OCC[N+](C)(C)C)OC(=O)CCCCCCCCC/C=C\C/C=C\C/C=C\CC. The second kappa shape index (κ2) is 45.7. The zero-order valence-electron chi connectivity index (χ0n) is 40.7. The van der Waals surface area contributed by atoms with Gasteiger partial charge in [-0.25, -0.2) is 0 Å². The molecule has 0 aliphatic heterocycles. The van der Waals surface area contributed by atoms with Crippen LogP contribution < -0.4 is 4.89 Å². The highest BCUT2D eigenvalue weighted by atomic mass is 31.2. The first-order valence-electron chi connectivity index (χ1n) is 24.6. The lowest BCUT2D eigenvalue weighted by atomic mass is 10.1. The second-order valence-corrected chi connectivity index (χ2v) is 18.5. The molecule has 0 saturated carbocycles. The lowest BCUT2D eigenvalue weighted by Gasteiger charge is -2.28. The standard InChI is InChI=1S/C54H92NO7P/c1-6-8-10-12-14-16-18-20-22-24-25-26-27-28-29-30-32-34-36-38-40-42-44-46-49-59-51-53(52-61-63(57,58)60-50-48-55(3,4)5)62-54(56)47-45-43-41-39-37-35-33-31-23-21-19-17-15-13-11-9-7-2/h8-11,14-17,20-23,25-26,28-29,32,34,53H,6-7,12-13,18-19,24,27,30-31,33,35-52H2,1-5H3/b10-8-,11-9-,16-14-,17-15-,22-20-,23-21-,26-25-,29-28-,34-32-. The average molecular weight is 898 g/mol. The van der Waals surface area contributed by atoms with Gasteiger partial charge in [-0.05, 0) is 96.3 Å². The van der Waals surface area contributed by atoms with Crippen LogP contribution in [-0.4, -0.2) is 70.7 Å². The van der Waals surface area contributed by atoms with Gasteiger partial charge in [0.15, 0.2) is 0 Å². The molecule has 0 fully saturated rings. The highest BCUT2D eigenvalue weighted by Gasteiger charge is 2.20. The number of quaternary nitrogens is 1. The van der Waals surface area contributed by atoms with Gasteiger partial charge in [0.1, 0.15) is 19.3 Å². The molecule has 0 N–H and O–H groups in total. The minimum atomic E-state index is -4.55. The molecule has 0 rings (SSSR count). The van der Waals surface area contributed by atoms with Gasteiger partial charge < -0.3 is 27.9 Å². The number of phosphoric ester groups is 1. The normalized spacial score (nSPS) is 14.6. The van der Waals surface area contributed by atoms with Crippen LogP contribution in [0.25, 0.3) is 0 Å². The fourth-order valence-corrected chi connectivity index (χ4v) is 6.82. The van der Waals surface area contributed by atoms with Gasteiger partial charge in [-0.15, -0.1) is 0 Å². The smallest absolute Gasteiger partial charge is 0.306 e. The molecule has 360 valence electrons. The molecule has 63 heavy (non-hydrogen) atoms. The Morgan fingerprint density at radius 3 is 1.30 bits per heavy atom. The zero-order valence-corrected chi connectivity index (χ0v) is 41.6. The quantitative estimate of drug-likeness (QED) is 0.0198. The molecule has 2 unspecified atom stereocenters. The Bertz CT molecular complexity index is 1370. The maximum absolute atomic E-state index is 12.7. The zero-order chi connectivity index (χ0) is 46.2. The van der Waals surface area contributed by atoms with Crippen molar-refractivity contribution in [2.24, 2.45) is 0 Å². The third-order valence-electron chi connectivity index (χ3n) is 9.82. The summed E-state index contributed by atoms with van der Waals surface area (Å²) in [6, 6.07) is 0. The highest BCUT2D eigenvalue weighted by molar-refractivity contribution is 7.45. The van der Waals surface area contributed by atoms with E-state index in [-0.39, 0.29) is 32.2 Å². The monoisotopic (exact) mass is 898 g/mol. The first-order valence-corrected chi connectivity index (χ1v) is 26.1. The second-order valence-electron chi connectivity index (χ2n) is 17.1. The van der Waals surface area contributed by atoms with Gasteiger partial charge in [-0.2, -0.15) is 0 Å². The number of hydrogen-bond acceptors (Lipinski definition) is 7. The lowest BCUT2D eigenvalue weighted by molar-refractivity contribution is -0.870. The maximum Gasteiger partial charge on any atom is 0.306 e. The molecular formula is C54H92NO7P. The Labute approximate surface area is 387 Å². The molecule has 0 aliphatic carbocycles. The van der Waals surface area contributed by atoms with E-state index >= 15 is 0 Å². The van der Waals surface area contributed by atoms with Gasteiger partial charge >= 0.3 is 5.97 Å². The molecule has 0 aromatic rings. The molecular weight excluding hydrogens is 806 g/mol.